The zero-order valence-electron chi connectivity index (χ0n) is 17.3. The summed E-state index contributed by atoms with van der Waals surface area (Å²) in [6, 6.07) is 16.7. The van der Waals surface area contributed by atoms with Crippen molar-refractivity contribution in [2.45, 2.75) is 0 Å². The molecule has 0 bridgehead atoms. The number of carbonyl (C=O) groups excluding carboxylic acids is 1. The van der Waals surface area contributed by atoms with E-state index in [9.17, 15) is 4.79 Å². The third kappa shape index (κ3) is 4.84. The van der Waals surface area contributed by atoms with E-state index in [1.54, 1.807) is 23.0 Å². The summed E-state index contributed by atoms with van der Waals surface area (Å²) >= 11 is 6.13. The average molecular weight is 435 g/mol. The van der Waals surface area contributed by atoms with Gasteiger partial charge in [-0.3, -0.25) is 4.79 Å². The molecule has 0 atom stereocenters. The van der Waals surface area contributed by atoms with Crippen LogP contribution in [0, 0.1) is 0 Å². The van der Waals surface area contributed by atoms with Crippen molar-refractivity contribution in [2.75, 3.05) is 37.8 Å². The maximum atomic E-state index is 13.0. The molecule has 0 spiro atoms. The van der Waals surface area contributed by atoms with E-state index >= 15 is 0 Å². The minimum Gasteiger partial charge on any atom is -0.382 e. The number of nitrogens with one attached hydrogen (secondary N) is 2. The van der Waals surface area contributed by atoms with Gasteiger partial charge in [0, 0.05) is 29.9 Å². The third-order valence-corrected chi connectivity index (χ3v) is 5.02. The minimum atomic E-state index is -0.289. The predicted molar refractivity (Wildman–Crippen MR) is 125 cm³/mol. The molecule has 158 valence electrons. The molecule has 4 aromatic rings. The van der Waals surface area contributed by atoms with Crippen molar-refractivity contribution < 1.29 is 4.79 Å². The first-order valence-electron chi connectivity index (χ1n) is 9.90. The standard InChI is InChI=1S/C23H23ClN6O/c1-29(2)13-11-25-19-8-3-4-9-20(19)28-23(31)21-10-12-30-22(27-21)18(15-26-30)16-6-5-7-17(24)14-16/h3-10,12,14-15,25H,11,13H2,1-2H3,(H,28,31). The number of fused-ring (bicyclic) bond motifs is 1. The summed E-state index contributed by atoms with van der Waals surface area (Å²) in [7, 11) is 4.04. The van der Waals surface area contributed by atoms with Crippen LogP contribution in [0.3, 0.4) is 0 Å². The van der Waals surface area contributed by atoms with E-state index in [0.29, 0.717) is 22.1 Å². The monoisotopic (exact) mass is 434 g/mol. The lowest BCUT2D eigenvalue weighted by atomic mass is 10.1. The number of para-hydroxylation sites is 2. The van der Waals surface area contributed by atoms with Crippen LogP contribution in [0.4, 0.5) is 11.4 Å². The normalized spacial score (nSPS) is 11.1. The van der Waals surface area contributed by atoms with Crippen molar-refractivity contribution in [1.82, 2.24) is 19.5 Å². The van der Waals surface area contributed by atoms with Crippen LogP contribution in [0.25, 0.3) is 16.8 Å². The Morgan fingerprint density at radius 3 is 2.68 bits per heavy atom. The van der Waals surface area contributed by atoms with Crippen molar-refractivity contribution in [2.24, 2.45) is 0 Å². The van der Waals surface area contributed by atoms with E-state index in [4.69, 9.17) is 11.6 Å². The molecule has 0 aliphatic carbocycles. The van der Waals surface area contributed by atoms with Crippen molar-refractivity contribution >= 4 is 34.5 Å². The molecule has 2 aromatic heterocycles. The van der Waals surface area contributed by atoms with E-state index in [2.05, 4.69) is 25.6 Å². The largest absolute Gasteiger partial charge is 0.382 e. The summed E-state index contributed by atoms with van der Waals surface area (Å²) in [4.78, 5) is 19.6. The maximum Gasteiger partial charge on any atom is 0.274 e. The second-order valence-corrected chi connectivity index (χ2v) is 7.82. The fraction of sp³-hybridized carbons (Fsp3) is 0.174. The topological polar surface area (TPSA) is 74.6 Å². The fourth-order valence-electron chi connectivity index (χ4n) is 3.20. The van der Waals surface area contributed by atoms with Crippen molar-refractivity contribution in [3.05, 3.63) is 77.7 Å². The second kappa shape index (κ2) is 9.16. The van der Waals surface area contributed by atoms with Gasteiger partial charge in [0.25, 0.3) is 5.91 Å². The molecule has 0 radical (unpaired) electrons. The van der Waals surface area contributed by atoms with E-state index < -0.39 is 0 Å². The first-order valence-corrected chi connectivity index (χ1v) is 10.3. The number of halogens is 1. The molecule has 4 rings (SSSR count). The van der Waals surface area contributed by atoms with Crippen LogP contribution < -0.4 is 10.6 Å². The molecule has 0 aliphatic rings. The average Bonchev–Trinajstić information content (AvgIpc) is 3.18. The number of amides is 1. The van der Waals surface area contributed by atoms with Gasteiger partial charge in [0.2, 0.25) is 0 Å². The van der Waals surface area contributed by atoms with Gasteiger partial charge < -0.3 is 15.5 Å². The Morgan fingerprint density at radius 2 is 1.90 bits per heavy atom. The summed E-state index contributed by atoms with van der Waals surface area (Å²) < 4.78 is 1.64. The first kappa shape index (κ1) is 20.8. The van der Waals surface area contributed by atoms with Gasteiger partial charge in [0.05, 0.1) is 17.6 Å². The molecule has 2 heterocycles. The van der Waals surface area contributed by atoms with E-state index in [-0.39, 0.29) is 5.91 Å². The Labute approximate surface area is 185 Å². The Hall–Kier alpha value is -3.42. The lowest BCUT2D eigenvalue weighted by molar-refractivity contribution is 0.102. The van der Waals surface area contributed by atoms with Gasteiger partial charge in [-0.2, -0.15) is 5.10 Å². The van der Waals surface area contributed by atoms with Gasteiger partial charge in [-0.25, -0.2) is 9.50 Å². The highest BCUT2D eigenvalue weighted by atomic mass is 35.5. The molecular weight excluding hydrogens is 412 g/mol. The van der Waals surface area contributed by atoms with E-state index in [1.165, 1.54) is 0 Å². The molecule has 0 aliphatic heterocycles. The summed E-state index contributed by atoms with van der Waals surface area (Å²) in [5.41, 5.74) is 4.16. The molecule has 0 fully saturated rings. The molecule has 8 heteroatoms. The summed E-state index contributed by atoms with van der Waals surface area (Å²) in [6.07, 6.45) is 3.45. The molecule has 2 aromatic carbocycles. The quantitative estimate of drug-likeness (QED) is 0.454. The Morgan fingerprint density at radius 1 is 1.10 bits per heavy atom. The van der Waals surface area contributed by atoms with Gasteiger partial charge in [0.1, 0.15) is 5.69 Å². The van der Waals surface area contributed by atoms with Crippen molar-refractivity contribution in [3.8, 4) is 11.1 Å². The number of likely N-dealkylation sites (N-methyl/N-ethyl adjacent to an activating group) is 1. The smallest absolute Gasteiger partial charge is 0.274 e. The zero-order valence-corrected chi connectivity index (χ0v) is 18.1. The predicted octanol–water partition coefficient (Wildman–Crippen LogP) is 4.28. The first-order chi connectivity index (χ1) is 15.0. The molecule has 0 saturated heterocycles. The molecular formula is C23H23ClN6O. The summed E-state index contributed by atoms with van der Waals surface area (Å²) in [6.45, 7) is 1.65. The molecule has 31 heavy (non-hydrogen) atoms. The third-order valence-electron chi connectivity index (χ3n) is 4.79. The highest BCUT2D eigenvalue weighted by Crippen LogP contribution is 2.26. The Balaban J connectivity index is 1.58. The minimum absolute atomic E-state index is 0.289. The highest BCUT2D eigenvalue weighted by molar-refractivity contribution is 6.30. The van der Waals surface area contributed by atoms with Gasteiger partial charge in [-0.15, -0.1) is 0 Å². The zero-order chi connectivity index (χ0) is 21.8. The fourth-order valence-corrected chi connectivity index (χ4v) is 3.39. The number of benzene rings is 2. The number of anilines is 2. The number of rotatable bonds is 7. The molecule has 0 saturated carbocycles. The van der Waals surface area contributed by atoms with Crippen LogP contribution in [0.5, 0.6) is 0 Å². The summed E-state index contributed by atoms with van der Waals surface area (Å²) in [5.74, 6) is -0.289. The lowest BCUT2D eigenvalue weighted by Gasteiger charge is -2.15. The SMILES string of the molecule is CN(C)CCNc1ccccc1NC(=O)c1ccn2ncc(-c3cccc(Cl)c3)c2n1. The molecule has 0 unspecified atom stereocenters. The summed E-state index contributed by atoms with van der Waals surface area (Å²) in [5, 5.41) is 11.3. The van der Waals surface area contributed by atoms with Crippen LogP contribution in [-0.2, 0) is 0 Å². The van der Waals surface area contributed by atoms with Crippen LogP contribution in [0.15, 0.2) is 67.0 Å². The van der Waals surface area contributed by atoms with Gasteiger partial charge in [0.15, 0.2) is 5.65 Å². The second-order valence-electron chi connectivity index (χ2n) is 7.38. The highest BCUT2D eigenvalue weighted by Gasteiger charge is 2.14. The number of hydrogen-bond acceptors (Lipinski definition) is 5. The molecule has 2 N–H and O–H groups in total. The molecule has 7 nitrogen and oxygen atoms in total. The van der Waals surface area contributed by atoms with Crippen LogP contribution in [-0.4, -0.2) is 52.6 Å². The van der Waals surface area contributed by atoms with Gasteiger partial charge in [-0.05, 0) is 50.0 Å². The van der Waals surface area contributed by atoms with Crippen LogP contribution >= 0.6 is 11.6 Å². The maximum absolute atomic E-state index is 13.0. The van der Waals surface area contributed by atoms with E-state index in [1.807, 2.05) is 62.6 Å². The Bertz CT molecular complexity index is 1220. The lowest BCUT2D eigenvalue weighted by Crippen LogP contribution is -2.21. The van der Waals surface area contributed by atoms with Crippen LogP contribution in [0.2, 0.25) is 5.02 Å². The number of hydrogen-bond donors (Lipinski definition) is 2. The van der Waals surface area contributed by atoms with Gasteiger partial charge in [-0.1, -0.05) is 35.9 Å². The number of nitrogens with zero attached hydrogens (tertiary/aromatic N) is 4. The van der Waals surface area contributed by atoms with E-state index in [0.717, 1.165) is 29.9 Å². The number of aromatic nitrogens is 3. The van der Waals surface area contributed by atoms with Crippen LogP contribution in [0.1, 0.15) is 10.5 Å². The van der Waals surface area contributed by atoms with Crippen molar-refractivity contribution in [3.63, 3.8) is 0 Å². The Kier molecular flexibility index (Phi) is 6.16. The van der Waals surface area contributed by atoms with Crippen molar-refractivity contribution in [1.29, 1.82) is 0 Å². The van der Waals surface area contributed by atoms with Gasteiger partial charge >= 0.3 is 0 Å². The molecule has 1 amide bonds. The number of carbonyl (C=O) groups is 1.